The monoisotopic (exact) mass is 282 g/mol. The van der Waals surface area contributed by atoms with Crippen LogP contribution in [0.1, 0.15) is 32.6 Å². The Labute approximate surface area is 118 Å². The molecule has 19 heavy (non-hydrogen) atoms. The Kier molecular flexibility index (Phi) is 4.64. The highest BCUT2D eigenvalue weighted by atomic mass is 35.5. The Balaban J connectivity index is 2.07. The smallest absolute Gasteiger partial charge is 0.310 e. The van der Waals surface area contributed by atoms with Gasteiger partial charge in [-0.1, -0.05) is 43.9 Å². The summed E-state index contributed by atoms with van der Waals surface area (Å²) in [6, 6.07) is 5.01. The molecule has 2 rings (SSSR count). The van der Waals surface area contributed by atoms with Gasteiger partial charge in [0.05, 0.1) is 4.92 Å². The molecule has 0 aromatic heterocycles. The van der Waals surface area contributed by atoms with Crippen molar-refractivity contribution >= 4 is 23.0 Å². The zero-order valence-electron chi connectivity index (χ0n) is 11.1. The predicted molar refractivity (Wildman–Crippen MR) is 77.7 cm³/mol. The summed E-state index contributed by atoms with van der Waals surface area (Å²) in [6.07, 6.45) is 5.01. The van der Waals surface area contributed by atoms with Crippen LogP contribution < -0.4 is 5.32 Å². The van der Waals surface area contributed by atoms with E-state index in [1.165, 1.54) is 25.7 Å². The lowest BCUT2D eigenvalue weighted by atomic mass is 9.80. The number of halogens is 1. The van der Waals surface area contributed by atoms with Crippen LogP contribution in [-0.4, -0.2) is 11.5 Å². The topological polar surface area (TPSA) is 55.2 Å². The Morgan fingerprint density at radius 1 is 1.42 bits per heavy atom. The maximum absolute atomic E-state index is 11.0. The molecule has 1 aromatic carbocycles. The summed E-state index contributed by atoms with van der Waals surface area (Å²) in [5.41, 5.74) is 0.503. The first-order chi connectivity index (χ1) is 9.09. The van der Waals surface area contributed by atoms with Crippen molar-refractivity contribution in [2.75, 3.05) is 11.9 Å². The number of nitrogens with zero attached hydrogens (tertiary/aromatic N) is 1. The minimum absolute atomic E-state index is 0.0207. The second-order valence-electron chi connectivity index (χ2n) is 5.30. The second-order valence-corrected chi connectivity index (χ2v) is 5.70. The molecule has 0 heterocycles. The fourth-order valence-corrected chi connectivity index (χ4v) is 3.02. The van der Waals surface area contributed by atoms with Crippen molar-refractivity contribution in [1.29, 1.82) is 0 Å². The molecule has 0 saturated heterocycles. The molecule has 0 radical (unpaired) electrons. The lowest BCUT2D eigenvalue weighted by molar-refractivity contribution is -0.383. The molecular formula is C14H19ClN2O2. The lowest BCUT2D eigenvalue weighted by Crippen LogP contribution is -2.24. The maximum Gasteiger partial charge on any atom is 0.310 e. The van der Waals surface area contributed by atoms with E-state index in [0.29, 0.717) is 17.5 Å². The van der Waals surface area contributed by atoms with Crippen LogP contribution in [0.25, 0.3) is 0 Å². The maximum atomic E-state index is 11.0. The number of rotatable bonds is 4. The van der Waals surface area contributed by atoms with Crippen molar-refractivity contribution in [3.63, 3.8) is 0 Å². The van der Waals surface area contributed by atoms with E-state index < -0.39 is 4.92 Å². The van der Waals surface area contributed by atoms with Gasteiger partial charge in [0.25, 0.3) is 0 Å². The normalized spacial score (nSPS) is 23.1. The first-order valence-electron chi connectivity index (χ1n) is 6.76. The van der Waals surface area contributed by atoms with Gasteiger partial charge < -0.3 is 5.32 Å². The SMILES string of the molecule is CC1CCCCC1CNc1cccc(Cl)c1[N+](=O)[O-]. The number of benzene rings is 1. The summed E-state index contributed by atoms with van der Waals surface area (Å²) >= 11 is 5.89. The summed E-state index contributed by atoms with van der Waals surface area (Å²) < 4.78 is 0. The minimum atomic E-state index is -0.422. The quantitative estimate of drug-likeness (QED) is 0.654. The Morgan fingerprint density at radius 3 is 2.84 bits per heavy atom. The molecule has 1 aliphatic carbocycles. The van der Waals surface area contributed by atoms with Crippen LogP contribution in [0.5, 0.6) is 0 Å². The van der Waals surface area contributed by atoms with Crippen molar-refractivity contribution in [3.05, 3.63) is 33.3 Å². The molecule has 0 amide bonds. The van der Waals surface area contributed by atoms with Gasteiger partial charge in [-0.25, -0.2) is 0 Å². The van der Waals surface area contributed by atoms with E-state index in [9.17, 15) is 10.1 Å². The second kappa shape index (κ2) is 6.24. The van der Waals surface area contributed by atoms with Crippen molar-refractivity contribution in [2.24, 2.45) is 11.8 Å². The third kappa shape index (κ3) is 3.38. The Morgan fingerprint density at radius 2 is 2.16 bits per heavy atom. The number of nitro groups is 1. The Bertz CT molecular complexity index is 465. The van der Waals surface area contributed by atoms with Gasteiger partial charge in [-0.05, 0) is 30.4 Å². The zero-order chi connectivity index (χ0) is 13.8. The van der Waals surface area contributed by atoms with Crippen LogP contribution in [0.2, 0.25) is 5.02 Å². The third-order valence-corrected chi connectivity index (χ3v) is 4.32. The van der Waals surface area contributed by atoms with E-state index in [1.807, 2.05) is 0 Å². The molecule has 2 atom stereocenters. The van der Waals surface area contributed by atoms with Crippen LogP contribution in [-0.2, 0) is 0 Å². The highest BCUT2D eigenvalue weighted by molar-refractivity contribution is 6.33. The molecule has 1 fully saturated rings. The largest absolute Gasteiger partial charge is 0.379 e. The van der Waals surface area contributed by atoms with E-state index in [2.05, 4.69) is 12.2 Å². The summed E-state index contributed by atoms with van der Waals surface area (Å²) in [5.74, 6) is 1.27. The van der Waals surface area contributed by atoms with Crippen LogP contribution in [0.4, 0.5) is 11.4 Å². The van der Waals surface area contributed by atoms with Crippen molar-refractivity contribution in [2.45, 2.75) is 32.6 Å². The van der Waals surface area contributed by atoms with E-state index >= 15 is 0 Å². The van der Waals surface area contributed by atoms with Crippen molar-refractivity contribution in [1.82, 2.24) is 0 Å². The predicted octanol–water partition coefficient (Wildman–Crippen LogP) is 4.49. The molecule has 1 aliphatic rings. The fourth-order valence-electron chi connectivity index (χ4n) is 2.78. The number of nitro benzene ring substituents is 1. The van der Waals surface area contributed by atoms with Gasteiger partial charge in [-0.15, -0.1) is 0 Å². The number of para-hydroxylation sites is 1. The van der Waals surface area contributed by atoms with Gasteiger partial charge in [0.2, 0.25) is 0 Å². The highest BCUT2D eigenvalue weighted by Crippen LogP contribution is 2.34. The van der Waals surface area contributed by atoms with E-state index in [1.54, 1.807) is 18.2 Å². The average Bonchev–Trinajstić information content (AvgIpc) is 2.37. The highest BCUT2D eigenvalue weighted by Gasteiger charge is 2.23. The summed E-state index contributed by atoms with van der Waals surface area (Å²) in [6.45, 7) is 3.04. The average molecular weight is 283 g/mol. The number of hydrogen-bond acceptors (Lipinski definition) is 3. The molecule has 0 aliphatic heterocycles. The van der Waals surface area contributed by atoms with Crippen LogP contribution in [0.15, 0.2) is 18.2 Å². The first-order valence-corrected chi connectivity index (χ1v) is 7.14. The number of nitrogens with one attached hydrogen (secondary N) is 1. The minimum Gasteiger partial charge on any atom is -0.379 e. The third-order valence-electron chi connectivity index (χ3n) is 4.01. The van der Waals surface area contributed by atoms with Gasteiger partial charge in [-0.2, -0.15) is 0 Å². The van der Waals surface area contributed by atoms with Gasteiger partial charge >= 0.3 is 5.69 Å². The molecule has 1 aromatic rings. The van der Waals surface area contributed by atoms with Crippen molar-refractivity contribution < 1.29 is 4.92 Å². The van der Waals surface area contributed by atoms with Gasteiger partial charge in [-0.3, -0.25) is 10.1 Å². The molecular weight excluding hydrogens is 264 g/mol. The zero-order valence-corrected chi connectivity index (χ0v) is 11.8. The number of hydrogen-bond donors (Lipinski definition) is 1. The molecule has 104 valence electrons. The van der Waals surface area contributed by atoms with Gasteiger partial charge in [0.15, 0.2) is 0 Å². The molecule has 1 saturated carbocycles. The molecule has 0 spiro atoms. The van der Waals surface area contributed by atoms with Crippen LogP contribution in [0, 0.1) is 22.0 Å². The fraction of sp³-hybridized carbons (Fsp3) is 0.571. The number of anilines is 1. The van der Waals surface area contributed by atoms with Gasteiger partial charge in [0.1, 0.15) is 10.7 Å². The standard InChI is InChI=1S/C14H19ClN2O2/c1-10-5-2-3-6-11(10)9-16-13-8-4-7-12(15)14(13)17(18)19/h4,7-8,10-11,16H,2-3,5-6,9H2,1H3. The summed E-state index contributed by atoms with van der Waals surface area (Å²) in [7, 11) is 0. The first kappa shape index (κ1) is 14.1. The van der Waals surface area contributed by atoms with Gasteiger partial charge in [0, 0.05) is 6.54 Å². The molecule has 0 bridgehead atoms. The van der Waals surface area contributed by atoms with Crippen LogP contribution >= 0.6 is 11.6 Å². The van der Waals surface area contributed by atoms with E-state index in [4.69, 9.17) is 11.6 Å². The lowest BCUT2D eigenvalue weighted by Gasteiger charge is -2.29. The van der Waals surface area contributed by atoms with Crippen molar-refractivity contribution in [3.8, 4) is 0 Å². The molecule has 1 N–H and O–H groups in total. The van der Waals surface area contributed by atoms with E-state index in [-0.39, 0.29) is 10.7 Å². The van der Waals surface area contributed by atoms with E-state index in [0.717, 1.165) is 6.54 Å². The summed E-state index contributed by atoms with van der Waals surface area (Å²) in [5, 5.41) is 14.4. The van der Waals surface area contributed by atoms with Crippen LogP contribution in [0.3, 0.4) is 0 Å². The summed E-state index contributed by atoms with van der Waals surface area (Å²) in [4.78, 5) is 10.6. The molecule has 5 heteroatoms. The molecule has 4 nitrogen and oxygen atoms in total. The Hall–Kier alpha value is -1.29. The molecule has 2 unspecified atom stereocenters.